The molecule has 2 fully saturated rings. The van der Waals surface area contributed by atoms with Gasteiger partial charge in [-0.2, -0.15) is 5.10 Å². The Morgan fingerprint density at radius 2 is 1.66 bits per heavy atom. The Hall–Kier alpha value is -3.19. The summed E-state index contributed by atoms with van der Waals surface area (Å²) in [5, 5.41) is 9.16. The van der Waals surface area contributed by atoms with E-state index in [1.165, 1.54) is 0 Å². The minimum absolute atomic E-state index is 0.151. The van der Waals surface area contributed by atoms with Gasteiger partial charge in [0.2, 0.25) is 5.91 Å². The molecule has 2 aliphatic heterocycles. The first-order chi connectivity index (χ1) is 15.6. The molecule has 3 heterocycles. The summed E-state index contributed by atoms with van der Waals surface area (Å²) in [6, 6.07) is 15.9. The van der Waals surface area contributed by atoms with Crippen molar-refractivity contribution < 1.29 is 9.59 Å². The summed E-state index contributed by atoms with van der Waals surface area (Å²) in [5.74, 6) is -0.0183. The molecule has 2 saturated heterocycles. The summed E-state index contributed by atoms with van der Waals surface area (Å²) in [6.45, 7) is 3.33. The largest absolute Gasteiger partial charge is 0.366 e. The van der Waals surface area contributed by atoms with Gasteiger partial charge in [0, 0.05) is 30.0 Å². The Bertz CT molecular complexity index is 1130. The molecule has 3 aromatic rings. The summed E-state index contributed by atoms with van der Waals surface area (Å²) in [5.41, 5.74) is 8.80. The van der Waals surface area contributed by atoms with E-state index in [1.807, 2.05) is 35.2 Å². The highest BCUT2D eigenvalue weighted by Gasteiger charge is 2.31. The first-order valence-corrected chi connectivity index (χ1v) is 11.5. The first kappa shape index (κ1) is 20.7. The highest BCUT2D eigenvalue weighted by molar-refractivity contribution is 6.08. The summed E-state index contributed by atoms with van der Waals surface area (Å²) >= 11 is 0. The van der Waals surface area contributed by atoms with Gasteiger partial charge in [0.15, 0.2) is 0 Å². The maximum Gasteiger partial charge on any atom is 0.250 e. The second-order valence-electron chi connectivity index (χ2n) is 8.81. The summed E-state index contributed by atoms with van der Waals surface area (Å²) in [7, 11) is 0. The van der Waals surface area contributed by atoms with Gasteiger partial charge >= 0.3 is 0 Å². The van der Waals surface area contributed by atoms with Crippen molar-refractivity contribution in [3.05, 3.63) is 54.1 Å². The summed E-state index contributed by atoms with van der Waals surface area (Å²) < 4.78 is 2.07. The van der Waals surface area contributed by atoms with E-state index in [-0.39, 0.29) is 12.0 Å². The van der Waals surface area contributed by atoms with Crippen molar-refractivity contribution in [3.8, 4) is 11.3 Å². The van der Waals surface area contributed by atoms with Crippen LogP contribution in [0.15, 0.2) is 48.5 Å². The van der Waals surface area contributed by atoms with Crippen molar-refractivity contribution >= 4 is 22.7 Å². The smallest absolute Gasteiger partial charge is 0.250 e. The van der Waals surface area contributed by atoms with Crippen LogP contribution in [-0.2, 0) is 4.79 Å². The zero-order chi connectivity index (χ0) is 22.1. The van der Waals surface area contributed by atoms with Crippen molar-refractivity contribution in [3.63, 3.8) is 0 Å². The van der Waals surface area contributed by atoms with Crippen LogP contribution in [0.2, 0.25) is 0 Å². The number of nitrogens with two attached hydrogens (primary N) is 1. The summed E-state index contributed by atoms with van der Waals surface area (Å²) in [6.07, 6.45) is 3.54. The van der Waals surface area contributed by atoms with Gasteiger partial charge in [0.05, 0.1) is 17.3 Å². The predicted octanol–water partition coefficient (Wildman–Crippen LogP) is 2.97. The van der Waals surface area contributed by atoms with Gasteiger partial charge < -0.3 is 16.0 Å². The molecule has 0 radical (unpaired) electrons. The highest BCUT2D eigenvalue weighted by Crippen LogP contribution is 2.35. The lowest BCUT2D eigenvalue weighted by Crippen LogP contribution is -2.45. The van der Waals surface area contributed by atoms with Crippen LogP contribution in [0.5, 0.6) is 0 Å². The SMILES string of the molecule is NC(=O)c1cccc2c(-c3ccccc3)n(C3CCN(C(=O)C4CCNCC4)CC3)nc12. The number of benzene rings is 2. The number of aromatic nitrogens is 2. The molecule has 0 unspecified atom stereocenters. The molecule has 2 amide bonds. The van der Waals surface area contributed by atoms with Crippen LogP contribution in [0, 0.1) is 5.92 Å². The van der Waals surface area contributed by atoms with Crippen LogP contribution in [-0.4, -0.2) is 52.7 Å². The molecule has 5 rings (SSSR count). The Morgan fingerprint density at radius 1 is 0.938 bits per heavy atom. The van der Waals surface area contributed by atoms with E-state index in [2.05, 4.69) is 22.1 Å². The van der Waals surface area contributed by atoms with E-state index in [4.69, 9.17) is 10.8 Å². The Morgan fingerprint density at radius 3 is 2.34 bits per heavy atom. The van der Waals surface area contributed by atoms with Crippen LogP contribution in [0.3, 0.4) is 0 Å². The Kier molecular flexibility index (Phi) is 5.66. The predicted molar refractivity (Wildman–Crippen MR) is 124 cm³/mol. The number of primary amides is 1. The molecular formula is C25H29N5O2. The first-order valence-electron chi connectivity index (χ1n) is 11.5. The number of carbonyl (C=O) groups is 2. The molecular weight excluding hydrogens is 402 g/mol. The minimum atomic E-state index is -0.470. The lowest BCUT2D eigenvalue weighted by molar-refractivity contribution is -0.137. The van der Waals surface area contributed by atoms with Crippen molar-refractivity contribution in [2.75, 3.05) is 26.2 Å². The fourth-order valence-electron chi connectivity index (χ4n) is 5.13. The third-order valence-corrected chi connectivity index (χ3v) is 6.85. The standard InChI is InChI=1S/C25H29N5O2/c26-24(31)21-8-4-7-20-22(21)28-30(23(20)17-5-2-1-3-6-17)19-11-15-29(16-12-19)25(32)18-9-13-27-14-10-18/h1-8,18-19,27H,9-16H2,(H2,26,31). The van der Waals surface area contributed by atoms with Gasteiger partial charge in [0.1, 0.15) is 5.52 Å². The lowest BCUT2D eigenvalue weighted by atomic mass is 9.94. The molecule has 3 N–H and O–H groups in total. The zero-order valence-corrected chi connectivity index (χ0v) is 18.2. The summed E-state index contributed by atoms with van der Waals surface area (Å²) in [4.78, 5) is 27.0. The maximum absolute atomic E-state index is 13.0. The van der Waals surface area contributed by atoms with E-state index in [9.17, 15) is 9.59 Å². The van der Waals surface area contributed by atoms with Crippen LogP contribution < -0.4 is 11.1 Å². The van der Waals surface area contributed by atoms with Gasteiger partial charge in [-0.3, -0.25) is 14.3 Å². The molecule has 166 valence electrons. The number of hydrogen-bond donors (Lipinski definition) is 2. The number of amides is 2. The molecule has 7 nitrogen and oxygen atoms in total. The molecule has 2 aromatic carbocycles. The third-order valence-electron chi connectivity index (χ3n) is 6.85. The second-order valence-corrected chi connectivity index (χ2v) is 8.81. The molecule has 0 spiro atoms. The number of hydrogen-bond acceptors (Lipinski definition) is 4. The van der Waals surface area contributed by atoms with Crippen molar-refractivity contribution in [1.82, 2.24) is 20.0 Å². The van der Waals surface area contributed by atoms with E-state index in [1.54, 1.807) is 6.07 Å². The number of nitrogens with one attached hydrogen (secondary N) is 1. The maximum atomic E-state index is 13.0. The molecule has 0 saturated carbocycles. The number of fused-ring (bicyclic) bond motifs is 1. The fourth-order valence-corrected chi connectivity index (χ4v) is 5.13. The monoisotopic (exact) mass is 431 g/mol. The van der Waals surface area contributed by atoms with Gasteiger partial charge in [-0.25, -0.2) is 0 Å². The highest BCUT2D eigenvalue weighted by atomic mass is 16.2. The van der Waals surface area contributed by atoms with Gasteiger partial charge in [-0.1, -0.05) is 42.5 Å². The number of carbonyl (C=O) groups excluding carboxylic acids is 2. The van der Waals surface area contributed by atoms with E-state index in [0.29, 0.717) is 17.0 Å². The van der Waals surface area contributed by atoms with Gasteiger partial charge in [-0.05, 0) is 44.8 Å². The average Bonchev–Trinajstić information content (AvgIpc) is 3.24. The molecule has 0 atom stereocenters. The number of likely N-dealkylation sites (tertiary alicyclic amines) is 1. The van der Waals surface area contributed by atoms with E-state index < -0.39 is 5.91 Å². The Balaban J connectivity index is 1.46. The second kappa shape index (κ2) is 8.74. The fraction of sp³-hybridized carbons (Fsp3) is 0.400. The van der Waals surface area contributed by atoms with Crippen LogP contribution >= 0.6 is 0 Å². The third kappa shape index (κ3) is 3.77. The van der Waals surface area contributed by atoms with Gasteiger partial charge in [0.25, 0.3) is 5.91 Å². The van der Waals surface area contributed by atoms with Crippen LogP contribution in [0.4, 0.5) is 0 Å². The number of rotatable bonds is 4. The van der Waals surface area contributed by atoms with E-state index >= 15 is 0 Å². The number of piperidine rings is 2. The Labute approximate surface area is 187 Å². The molecule has 0 bridgehead atoms. The topological polar surface area (TPSA) is 93.3 Å². The molecule has 0 aliphatic carbocycles. The number of nitrogens with zero attached hydrogens (tertiary/aromatic N) is 3. The van der Waals surface area contributed by atoms with Gasteiger partial charge in [-0.15, -0.1) is 0 Å². The molecule has 2 aliphatic rings. The van der Waals surface area contributed by atoms with Crippen LogP contribution in [0.1, 0.15) is 42.1 Å². The van der Waals surface area contributed by atoms with E-state index in [0.717, 1.165) is 68.5 Å². The van der Waals surface area contributed by atoms with Crippen molar-refractivity contribution in [2.45, 2.75) is 31.7 Å². The van der Waals surface area contributed by atoms with Crippen LogP contribution in [0.25, 0.3) is 22.2 Å². The quantitative estimate of drug-likeness (QED) is 0.664. The normalized spacial score (nSPS) is 18.2. The molecule has 1 aromatic heterocycles. The zero-order valence-electron chi connectivity index (χ0n) is 18.2. The lowest BCUT2D eigenvalue weighted by Gasteiger charge is -2.35. The minimum Gasteiger partial charge on any atom is -0.366 e. The molecule has 7 heteroatoms. The average molecular weight is 432 g/mol. The van der Waals surface area contributed by atoms with Crippen molar-refractivity contribution in [1.29, 1.82) is 0 Å². The molecule has 32 heavy (non-hydrogen) atoms. The van der Waals surface area contributed by atoms with Crippen molar-refractivity contribution in [2.24, 2.45) is 11.7 Å².